The summed E-state index contributed by atoms with van der Waals surface area (Å²) in [5.41, 5.74) is 2.07. The summed E-state index contributed by atoms with van der Waals surface area (Å²) in [6.07, 6.45) is 0. The highest BCUT2D eigenvalue weighted by atomic mass is 35.5. The van der Waals surface area contributed by atoms with Crippen molar-refractivity contribution >= 4 is 29.3 Å². The van der Waals surface area contributed by atoms with E-state index in [4.69, 9.17) is 21.1 Å². The number of aromatic nitrogens is 1. The summed E-state index contributed by atoms with van der Waals surface area (Å²) in [6.45, 7) is 3.72. The summed E-state index contributed by atoms with van der Waals surface area (Å²) >= 11 is 7.43. The molecule has 7 heteroatoms. The van der Waals surface area contributed by atoms with Crippen LogP contribution in [0.3, 0.4) is 0 Å². The van der Waals surface area contributed by atoms with Gasteiger partial charge in [-0.05, 0) is 38.1 Å². The summed E-state index contributed by atoms with van der Waals surface area (Å²) in [6, 6.07) is 8.99. The number of hydrogen-bond donors (Lipinski definition) is 0. The number of nitrogens with zero attached hydrogens (tertiary/aromatic N) is 2. The Balaban J connectivity index is 2.29. The topological polar surface area (TPSA) is 72.2 Å². The van der Waals surface area contributed by atoms with Gasteiger partial charge in [-0.15, -0.1) is 11.8 Å². The van der Waals surface area contributed by atoms with Crippen molar-refractivity contribution in [2.45, 2.75) is 24.6 Å². The van der Waals surface area contributed by atoms with Crippen LogP contribution in [0.5, 0.6) is 5.75 Å². The quantitative estimate of drug-likeness (QED) is 0.549. The first-order valence-electron chi connectivity index (χ1n) is 7.54. The molecular weight excluding hydrogens is 360 g/mol. The summed E-state index contributed by atoms with van der Waals surface area (Å²) < 4.78 is 10.3. The van der Waals surface area contributed by atoms with E-state index in [1.807, 2.05) is 6.07 Å². The van der Waals surface area contributed by atoms with Crippen LogP contribution in [0, 0.1) is 18.3 Å². The average Bonchev–Trinajstić information content (AvgIpc) is 2.60. The number of halogens is 1. The van der Waals surface area contributed by atoms with Crippen LogP contribution in [0.1, 0.15) is 34.1 Å². The van der Waals surface area contributed by atoms with E-state index < -0.39 is 5.97 Å². The van der Waals surface area contributed by atoms with Crippen LogP contribution in [0.2, 0.25) is 5.02 Å². The van der Waals surface area contributed by atoms with E-state index in [0.717, 1.165) is 11.3 Å². The predicted octanol–water partition coefficient (Wildman–Crippen LogP) is 4.39. The molecular formula is C18H17ClN2O3S. The van der Waals surface area contributed by atoms with Gasteiger partial charge in [-0.2, -0.15) is 5.26 Å². The minimum Gasteiger partial charge on any atom is -0.496 e. The van der Waals surface area contributed by atoms with E-state index in [1.54, 1.807) is 33.1 Å². The van der Waals surface area contributed by atoms with Gasteiger partial charge in [0.2, 0.25) is 0 Å². The molecule has 0 aliphatic rings. The molecule has 1 heterocycles. The molecule has 0 radical (unpaired) electrons. The van der Waals surface area contributed by atoms with E-state index in [1.165, 1.54) is 17.8 Å². The third-order valence-electron chi connectivity index (χ3n) is 3.40. The highest BCUT2D eigenvalue weighted by Crippen LogP contribution is 2.31. The van der Waals surface area contributed by atoms with Crippen molar-refractivity contribution in [2.24, 2.45) is 0 Å². The van der Waals surface area contributed by atoms with Gasteiger partial charge < -0.3 is 9.47 Å². The zero-order chi connectivity index (χ0) is 18.4. The number of nitriles is 1. The van der Waals surface area contributed by atoms with Crippen molar-refractivity contribution in [3.8, 4) is 11.8 Å². The van der Waals surface area contributed by atoms with Gasteiger partial charge in [0.15, 0.2) is 0 Å². The van der Waals surface area contributed by atoms with Gasteiger partial charge in [0.05, 0.1) is 30.5 Å². The molecule has 25 heavy (non-hydrogen) atoms. The minimum atomic E-state index is -0.475. The second kappa shape index (κ2) is 8.75. The number of pyridine rings is 1. The number of ether oxygens (including phenoxy) is 2. The van der Waals surface area contributed by atoms with Gasteiger partial charge in [0.1, 0.15) is 16.8 Å². The maximum absolute atomic E-state index is 11.9. The van der Waals surface area contributed by atoms with Crippen molar-refractivity contribution in [2.75, 3.05) is 13.7 Å². The lowest BCUT2D eigenvalue weighted by molar-refractivity contribution is 0.0524. The summed E-state index contributed by atoms with van der Waals surface area (Å²) in [4.78, 5) is 16.3. The molecule has 0 fully saturated rings. The second-order valence-corrected chi connectivity index (χ2v) is 6.45. The van der Waals surface area contributed by atoms with Crippen molar-refractivity contribution in [3.05, 3.63) is 51.7 Å². The van der Waals surface area contributed by atoms with E-state index in [0.29, 0.717) is 32.6 Å². The van der Waals surface area contributed by atoms with E-state index in [2.05, 4.69) is 11.1 Å². The number of hydrogen-bond acceptors (Lipinski definition) is 6. The van der Waals surface area contributed by atoms with E-state index >= 15 is 0 Å². The number of carbonyl (C=O) groups is 1. The molecule has 0 aliphatic carbocycles. The van der Waals surface area contributed by atoms with Crippen LogP contribution in [-0.4, -0.2) is 24.7 Å². The van der Waals surface area contributed by atoms with Crippen LogP contribution in [0.15, 0.2) is 29.3 Å². The highest BCUT2D eigenvalue weighted by molar-refractivity contribution is 7.98. The fourth-order valence-electron chi connectivity index (χ4n) is 2.19. The highest BCUT2D eigenvalue weighted by Gasteiger charge is 2.17. The van der Waals surface area contributed by atoms with Crippen molar-refractivity contribution in [3.63, 3.8) is 0 Å². The van der Waals surface area contributed by atoms with Crippen LogP contribution in [0.4, 0.5) is 0 Å². The van der Waals surface area contributed by atoms with Gasteiger partial charge in [-0.3, -0.25) is 0 Å². The van der Waals surface area contributed by atoms with Crippen LogP contribution in [-0.2, 0) is 10.5 Å². The largest absolute Gasteiger partial charge is 0.496 e. The van der Waals surface area contributed by atoms with Gasteiger partial charge >= 0.3 is 5.97 Å². The third kappa shape index (κ3) is 4.65. The van der Waals surface area contributed by atoms with Crippen LogP contribution < -0.4 is 4.74 Å². The Morgan fingerprint density at radius 3 is 2.80 bits per heavy atom. The molecule has 0 amide bonds. The molecule has 0 bridgehead atoms. The Hall–Kier alpha value is -2.23. The number of carbonyl (C=O) groups excluding carboxylic acids is 1. The molecule has 0 aliphatic heterocycles. The molecule has 2 rings (SSSR count). The lowest BCUT2D eigenvalue weighted by Gasteiger charge is -2.11. The Labute approximate surface area is 155 Å². The Bertz CT molecular complexity index is 834. The third-order valence-corrected chi connectivity index (χ3v) is 4.68. The minimum absolute atomic E-state index is 0.269. The second-order valence-electron chi connectivity index (χ2n) is 5.05. The molecule has 0 saturated carbocycles. The fraction of sp³-hybridized carbons (Fsp3) is 0.278. The predicted molar refractivity (Wildman–Crippen MR) is 97.2 cm³/mol. The molecule has 2 aromatic rings. The molecule has 130 valence electrons. The number of esters is 1. The molecule has 0 saturated heterocycles. The Morgan fingerprint density at radius 2 is 2.16 bits per heavy atom. The summed E-state index contributed by atoms with van der Waals surface area (Å²) in [5, 5.41) is 10.5. The molecule has 1 aromatic heterocycles. The lowest BCUT2D eigenvalue weighted by atomic mass is 10.1. The number of rotatable bonds is 6. The molecule has 0 N–H and O–H groups in total. The van der Waals surface area contributed by atoms with Gasteiger partial charge in [-0.25, -0.2) is 9.78 Å². The Morgan fingerprint density at radius 1 is 1.40 bits per heavy atom. The van der Waals surface area contributed by atoms with Crippen molar-refractivity contribution in [1.29, 1.82) is 5.26 Å². The molecule has 1 aromatic carbocycles. The number of aryl methyl sites for hydroxylation is 1. The number of thioether (sulfide) groups is 1. The number of benzene rings is 1. The maximum atomic E-state index is 11.9. The summed E-state index contributed by atoms with van der Waals surface area (Å²) in [7, 11) is 1.59. The smallest absolute Gasteiger partial charge is 0.340 e. The molecule has 0 unspecified atom stereocenters. The maximum Gasteiger partial charge on any atom is 0.340 e. The van der Waals surface area contributed by atoms with Crippen molar-refractivity contribution in [1.82, 2.24) is 4.98 Å². The SMILES string of the molecule is CCOC(=O)c1cc(C#N)c(SCc2cc(Cl)ccc2OC)nc1C. The lowest BCUT2D eigenvalue weighted by Crippen LogP contribution is -2.09. The van der Waals surface area contributed by atoms with E-state index in [9.17, 15) is 10.1 Å². The Kier molecular flexibility index (Phi) is 6.68. The van der Waals surface area contributed by atoms with E-state index in [-0.39, 0.29) is 6.61 Å². The average molecular weight is 377 g/mol. The number of methoxy groups -OCH3 is 1. The monoisotopic (exact) mass is 376 g/mol. The van der Waals surface area contributed by atoms with Crippen molar-refractivity contribution < 1.29 is 14.3 Å². The first-order valence-corrected chi connectivity index (χ1v) is 8.90. The van der Waals surface area contributed by atoms with Gasteiger partial charge in [0.25, 0.3) is 0 Å². The summed E-state index contributed by atoms with van der Waals surface area (Å²) in [5.74, 6) is 0.774. The first-order chi connectivity index (χ1) is 12.0. The molecule has 0 spiro atoms. The first kappa shape index (κ1) is 19.1. The van der Waals surface area contributed by atoms with Crippen LogP contribution >= 0.6 is 23.4 Å². The van der Waals surface area contributed by atoms with Gasteiger partial charge in [0, 0.05) is 16.3 Å². The normalized spacial score (nSPS) is 10.2. The zero-order valence-corrected chi connectivity index (χ0v) is 15.7. The van der Waals surface area contributed by atoms with Crippen LogP contribution in [0.25, 0.3) is 0 Å². The molecule has 0 atom stereocenters. The standard InChI is InChI=1S/C18H17ClN2O3S/c1-4-24-18(22)15-8-12(9-20)17(21-11(15)2)25-10-13-7-14(19)5-6-16(13)23-3/h5-8H,4,10H2,1-3H3. The zero-order valence-electron chi connectivity index (χ0n) is 14.1. The van der Waals surface area contributed by atoms with Gasteiger partial charge in [-0.1, -0.05) is 11.6 Å². The fourth-order valence-corrected chi connectivity index (χ4v) is 3.37. The molecule has 5 nitrogen and oxygen atoms in total.